The van der Waals surface area contributed by atoms with Crippen molar-refractivity contribution < 1.29 is 9.84 Å². The van der Waals surface area contributed by atoms with Crippen molar-refractivity contribution in [1.29, 1.82) is 0 Å². The molecule has 16 heavy (non-hydrogen) atoms. The Morgan fingerprint density at radius 2 is 2.12 bits per heavy atom. The molecule has 0 bridgehead atoms. The van der Waals surface area contributed by atoms with Gasteiger partial charge in [0.1, 0.15) is 0 Å². The third-order valence-electron chi connectivity index (χ3n) is 3.09. The lowest BCUT2D eigenvalue weighted by Crippen LogP contribution is -2.48. The van der Waals surface area contributed by atoms with Crippen molar-refractivity contribution in [2.45, 2.75) is 12.5 Å². The summed E-state index contributed by atoms with van der Waals surface area (Å²) in [5, 5.41) is 9.24. The number of nitrogens with zero attached hydrogens (tertiary/aromatic N) is 1. The number of hydrogen-bond acceptors (Lipinski definition) is 3. The van der Waals surface area contributed by atoms with Gasteiger partial charge in [-0.1, -0.05) is 30.3 Å². The molecule has 3 heteroatoms. The first kappa shape index (κ1) is 11.6. The van der Waals surface area contributed by atoms with Gasteiger partial charge >= 0.3 is 0 Å². The summed E-state index contributed by atoms with van der Waals surface area (Å²) in [6, 6.07) is 10.6. The summed E-state index contributed by atoms with van der Waals surface area (Å²) < 4.78 is 5.35. The lowest BCUT2D eigenvalue weighted by atomic mass is 10.1. The Hall–Kier alpha value is -0.900. The molecular formula is C13H19NO2. The summed E-state index contributed by atoms with van der Waals surface area (Å²) >= 11 is 0. The standard InChI is InChI=1S/C13H19NO2/c15-10-13-11-16-9-8-14(13)7-6-12-4-2-1-3-5-12/h1-5,13,15H,6-11H2. The van der Waals surface area contributed by atoms with Crippen LogP contribution in [0.5, 0.6) is 0 Å². The Morgan fingerprint density at radius 1 is 1.31 bits per heavy atom. The third kappa shape index (κ3) is 3.04. The molecule has 1 aromatic carbocycles. The first-order chi connectivity index (χ1) is 7.90. The summed E-state index contributed by atoms with van der Waals surface area (Å²) in [5.41, 5.74) is 1.35. The van der Waals surface area contributed by atoms with Crippen LogP contribution < -0.4 is 0 Å². The number of rotatable bonds is 4. The molecule has 0 aliphatic carbocycles. The van der Waals surface area contributed by atoms with Crippen LogP contribution >= 0.6 is 0 Å². The van der Waals surface area contributed by atoms with E-state index >= 15 is 0 Å². The highest BCUT2D eigenvalue weighted by Crippen LogP contribution is 2.08. The predicted molar refractivity (Wildman–Crippen MR) is 63.4 cm³/mol. The highest BCUT2D eigenvalue weighted by Gasteiger charge is 2.21. The summed E-state index contributed by atoms with van der Waals surface area (Å²) in [6.45, 7) is 3.56. The van der Waals surface area contributed by atoms with E-state index in [9.17, 15) is 5.11 Å². The smallest absolute Gasteiger partial charge is 0.0644 e. The number of hydrogen-bond donors (Lipinski definition) is 1. The minimum Gasteiger partial charge on any atom is -0.395 e. The zero-order chi connectivity index (χ0) is 11.2. The Kier molecular flexibility index (Phi) is 4.34. The van der Waals surface area contributed by atoms with Crippen molar-refractivity contribution in [3.05, 3.63) is 35.9 Å². The SMILES string of the molecule is OCC1COCCN1CCc1ccccc1. The van der Waals surface area contributed by atoms with E-state index in [0.29, 0.717) is 6.61 Å². The minimum atomic E-state index is 0.178. The van der Waals surface area contributed by atoms with Crippen molar-refractivity contribution >= 4 is 0 Å². The van der Waals surface area contributed by atoms with Gasteiger partial charge in [-0.25, -0.2) is 0 Å². The summed E-state index contributed by atoms with van der Waals surface area (Å²) in [6.07, 6.45) is 1.04. The van der Waals surface area contributed by atoms with Crippen LogP contribution in [0, 0.1) is 0 Å². The summed E-state index contributed by atoms with van der Waals surface area (Å²) in [4.78, 5) is 2.32. The molecule has 1 aromatic rings. The van der Waals surface area contributed by atoms with Gasteiger partial charge in [-0.15, -0.1) is 0 Å². The largest absolute Gasteiger partial charge is 0.395 e. The second-order valence-corrected chi connectivity index (χ2v) is 4.18. The molecule has 1 atom stereocenters. The molecule has 1 N–H and O–H groups in total. The zero-order valence-electron chi connectivity index (χ0n) is 9.51. The van der Waals surface area contributed by atoms with Gasteiger partial charge in [0.15, 0.2) is 0 Å². The van der Waals surface area contributed by atoms with Gasteiger partial charge in [-0.3, -0.25) is 4.90 Å². The van der Waals surface area contributed by atoms with Crippen molar-refractivity contribution in [3.63, 3.8) is 0 Å². The van der Waals surface area contributed by atoms with E-state index in [1.54, 1.807) is 0 Å². The molecule has 1 saturated heterocycles. The number of aliphatic hydroxyl groups is 1. The molecule has 0 radical (unpaired) electrons. The van der Waals surface area contributed by atoms with Crippen LogP contribution in [-0.2, 0) is 11.2 Å². The number of aliphatic hydroxyl groups excluding tert-OH is 1. The van der Waals surface area contributed by atoms with Crippen molar-refractivity contribution in [3.8, 4) is 0 Å². The predicted octanol–water partition coefficient (Wildman–Crippen LogP) is 0.922. The first-order valence-electron chi connectivity index (χ1n) is 5.86. The van der Waals surface area contributed by atoms with Gasteiger partial charge in [-0.05, 0) is 12.0 Å². The fraction of sp³-hybridized carbons (Fsp3) is 0.538. The number of morpholine rings is 1. The molecule has 1 heterocycles. The fourth-order valence-electron chi connectivity index (χ4n) is 2.07. The van der Waals surface area contributed by atoms with Crippen LogP contribution in [0.1, 0.15) is 5.56 Å². The molecule has 1 aliphatic heterocycles. The molecule has 2 rings (SSSR count). The summed E-state index contributed by atoms with van der Waals surface area (Å²) in [7, 11) is 0. The number of benzene rings is 1. The Balaban J connectivity index is 1.84. The highest BCUT2D eigenvalue weighted by atomic mass is 16.5. The van der Waals surface area contributed by atoms with Gasteiger partial charge in [0, 0.05) is 13.1 Å². The maximum atomic E-state index is 9.24. The molecule has 88 valence electrons. The van der Waals surface area contributed by atoms with E-state index in [-0.39, 0.29) is 12.6 Å². The van der Waals surface area contributed by atoms with Crippen molar-refractivity contribution in [1.82, 2.24) is 4.90 Å². The number of ether oxygens (including phenoxy) is 1. The Morgan fingerprint density at radius 3 is 2.88 bits per heavy atom. The van der Waals surface area contributed by atoms with E-state index < -0.39 is 0 Å². The monoisotopic (exact) mass is 221 g/mol. The van der Waals surface area contributed by atoms with E-state index in [1.165, 1.54) is 5.56 Å². The second kappa shape index (κ2) is 5.99. The lowest BCUT2D eigenvalue weighted by molar-refractivity contribution is -0.0267. The fourth-order valence-corrected chi connectivity index (χ4v) is 2.07. The maximum absolute atomic E-state index is 9.24. The first-order valence-corrected chi connectivity index (χ1v) is 5.86. The second-order valence-electron chi connectivity index (χ2n) is 4.18. The van der Waals surface area contributed by atoms with E-state index in [0.717, 1.165) is 26.1 Å². The van der Waals surface area contributed by atoms with Crippen LogP contribution in [0.3, 0.4) is 0 Å². The van der Waals surface area contributed by atoms with Crippen molar-refractivity contribution in [2.75, 3.05) is 32.9 Å². The molecular weight excluding hydrogens is 202 g/mol. The molecule has 0 aromatic heterocycles. The van der Waals surface area contributed by atoms with Gasteiger partial charge in [0.2, 0.25) is 0 Å². The van der Waals surface area contributed by atoms with Crippen molar-refractivity contribution in [2.24, 2.45) is 0 Å². The molecule has 1 unspecified atom stereocenters. The quantitative estimate of drug-likeness (QED) is 0.820. The van der Waals surface area contributed by atoms with Gasteiger partial charge < -0.3 is 9.84 Å². The molecule has 0 amide bonds. The molecule has 0 saturated carbocycles. The summed E-state index contributed by atoms with van der Waals surface area (Å²) in [5.74, 6) is 0. The molecule has 1 aliphatic rings. The maximum Gasteiger partial charge on any atom is 0.0644 e. The molecule has 0 spiro atoms. The third-order valence-corrected chi connectivity index (χ3v) is 3.09. The van der Waals surface area contributed by atoms with Gasteiger partial charge in [-0.2, -0.15) is 0 Å². The average molecular weight is 221 g/mol. The van der Waals surface area contributed by atoms with Crippen LogP contribution in [0.2, 0.25) is 0 Å². The van der Waals surface area contributed by atoms with E-state index in [1.807, 2.05) is 6.07 Å². The molecule has 3 nitrogen and oxygen atoms in total. The lowest BCUT2D eigenvalue weighted by Gasteiger charge is -2.34. The van der Waals surface area contributed by atoms with Crippen LogP contribution in [0.15, 0.2) is 30.3 Å². The minimum absolute atomic E-state index is 0.178. The van der Waals surface area contributed by atoms with E-state index in [4.69, 9.17) is 4.74 Å². The normalized spacial score (nSPS) is 22.2. The van der Waals surface area contributed by atoms with Crippen LogP contribution in [-0.4, -0.2) is 49.0 Å². The Bertz CT molecular complexity index is 302. The van der Waals surface area contributed by atoms with Crippen LogP contribution in [0.4, 0.5) is 0 Å². The van der Waals surface area contributed by atoms with Gasteiger partial charge in [0.25, 0.3) is 0 Å². The average Bonchev–Trinajstić information content (AvgIpc) is 2.38. The van der Waals surface area contributed by atoms with Gasteiger partial charge in [0.05, 0.1) is 25.9 Å². The molecule has 1 fully saturated rings. The van der Waals surface area contributed by atoms with E-state index in [2.05, 4.69) is 29.2 Å². The van der Waals surface area contributed by atoms with Crippen LogP contribution in [0.25, 0.3) is 0 Å². The topological polar surface area (TPSA) is 32.7 Å². The highest BCUT2D eigenvalue weighted by molar-refractivity contribution is 5.14. The Labute approximate surface area is 96.6 Å². The zero-order valence-corrected chi connectivity index (χ0v) is 9.51.